The van der Waals surface area contributed by atoms with E-state index in [1.165, 1.54) is 0 Å². The van der Waals surface area contributed by atoms with Gasteiger partial charge in [-0.3, -0.25) is 0 Å². The van der Waals surface area contributed by atoms with Crippen LogP contribution in [0.15, 0.2) is 14.3 Å². The topological polar surface area (TPSA) is 20.2 Å². The second-order valence-corrected chi connectivity index (χ2v) is 5.20. The molecule has 1 nitrogen and oxygen atoms in total. The van der Waals surface area contributed by atoms with Gasteiger partial charge in [0.25, 0.3) is 0 Å². The lowest BCUT2D eigenvalue weighted by Gasteiger charge is -1.95. The zero-order chi connectivity index (χ0) is 7.72. The molecule has 0 aliphatic carbocycles. The first-order valence-corrected chi connectivity index (χ1v) is 5.14. The second kappa shape index (κ2) is 3.34. The van der Waals surface area contributed by atoms with E-state index in [0.717, 1.165) is 13.1 Å². The lowest BCUT2D eigenvalue weighted by molar-refractivity contribution is 0.203. The average Bonchev–Trinajstić information content (AvgIpc) is 2.13. The van der Waals surface area contributed by atoms with Crippen LogP contribution in [0.5, 0.6) is 0 Å². The summed E-state index contributed by atoms with van der Waals surface area (Å²) in [6.45, 7) is 1.75. The predicted octanol–water partition coefficient (Wildman–Crippen LogP) is 3.33. The van der Waals surface area contributed by atoms with Gasteiger partial charge in [-0.05, 0) is 44.8 Å². The second-order valence-electron chi connectivity index (χ2n) is 1.95. The molecular formula is C6H6Br2OS. The SMILES string of the molecule is C[C@H](O)c1cc(Br)c(Br)s1. The minimum atomic E-state index is -0.368. The van der Waals surface area contributed by atoms with Gasteiger partial charge in [-0.25, -0.2) is 0 Å². The zero-order valence-corrected chi connectivity index (χ0v) is 9.25. The standard InChI is InChI=1S/C6H6Br2OS/c1-3(9)5-2-4(7)6(8)10-5/h2-3,9H,1H3/t3-/m0/s1. The smallest absolute Gasteiger partial charge is 0.0854 e. The van der Waals surface area contributed by atoms with Crippen LogP contribution in [0.4, 0.5) is 0 Å². The molecule has 0 unspecified atom stereocenters. The Morgan fingerprint density at radius 2 is 2.20 bits per heavy atom. The normalized spacial score (nSPS) is 13.6. The first-order valence-electron chi connectivity index (χ1n) is 2.74. The van der Waals surface area contributed by atoms with Crippen LogP contribution >= 0.6 is 43.2 Å². The fourth-order valence-corrected chi connectivity index (χ4v) is 2.60. The molecule has 0 saturated carbocycles. The number of rotatable bonds is 1. The summed E-state index contributed by atoms with van der Waals surface area (Å²) in [4.78, 5) is 0.971. The predicted molar refractivity (Wildman–Crippen MR) is 50.4 cm³/mol. The van der Waals surface area contributed by atoms with Crippen LogP contribution in [-0.2, 0) is 0 Å². The van der Waals surface area contributed by atoms with E-state index >= 15 is 0 Å². The third-order valence-electron chi connectivity index (χ3n) is 1.08. The molecular weight excluding hydrogens is 280 g/mol. The van der Waals surface area contributed by atoms with E-state index in [9.17, 15) is 0 Å². The Labute approximate surface area is 80.3 Å². The van der Waals surface area contributed by atoms with Gasteiger partial charge in [0.05, 0.1) is 9.89 Å². The number of hydrogen-bond acceptors (Lipinski definition) is 2. The van der Waals surface area contributed by atoms with Gasteiger partial charge in [0.1, 0.15) is 0 Å². The van der Waals surface area contributed by atoms with E-state index in [1.807, 2.05) is 6.07 Å². The molecule has 0 bridgehead atoms. The number of aliphatic hydroxyl groups is 1. The molecule has 0 radical (unpaired) electrons. The van der Waals surface area contributed by atoms with Crippen molar-refractivity contribution in [3.05, 3.63) is 19.2 Å². The molecule has 1 aromatic rings. The Kier molecular flexibility index (Phi) is 2.91. The molecule has 1 atom stereocenters. The highest BCUT2D eigenvalue weighted by atomic mass is 79.9. The zero-order valence-electron chi connectivity index (χ0n) is 5.27. The van der Waals surface area contributed by atoms with Gasteiger partial charge in [0.15, 0.2) is 0 Å². The average molecular weight is 286 g/mol. The number of aliphatic hydroxyl groups excluding tert-OH is 1. The van der Waals surface area contributed by atoms with Gasteiger partial charge in [-0.15, -0.1) is 11.3 Å². The van der Waals surface area contributed by atoms with E-state index in [1.54, 1.807) is 18.3 Å². The molecule has 0 aromatic carbocycles. The van der Waals surface area contributed by atoms with Crippen molar-refractivity contribution < 1.29 is 5.11 Å². The molecule has 4 heteroatoms. The maximum absolute atomic E-state index is 9.13. The molecule has 0 aliphatic rings. The van der Waals surface area contributed by atoms with Crippen LogP contribution in [0.25, 0.3) is 0 Å². The summed E-state index contributed by atoms with van der Waals surface area (Å²) >= 11 is 8.22. The van der Waals surface area contributed by atoms with Crippen molar-refractivity contribution in [1.82, 2.24) is 0 Å². The highest BCUT2D eigenvalue weighted by Crippen LogP contribution is 2.35. The van der Waals surface area contributed by atoms with Crippen molar-refractivity contribution >= 4 is 43.2 Å². The molecule has 1 N–H and O–H groups in total. The Hall–Kier alpha value is 0.620. The van der Waals surface area contributed by atoms with Crippen molar-refractivity contribution in [2.24, 2.45) is 0 Å². The Balaban J connectivity index is 2.98. The van der Waals surface area contributed by atoms with Crippen LogP contribution < -0.4 is 0 Å². The number of halogens is 2. The van der Waals surface area contributed by atoms with Crippen LogP contribution in [0, 0.1) is 0 Å². The van der Waals surface area contributed by atoms with Crippen molar-refractivity contribution in [2.75, 3.05) is 0 Å². The number of hydrogen-bond donors (Lipinski definition) is 1. The van der Waals surface area contributed by atoms with Gasteiger partial charge in [0, 0.05) is 9.35 Å². The molecule has 1 heterocycles. The molecule has 1 aromatic heterocycles. The van der Waals surface area contributed by atoms with E-state index in [-0.39, 0.29) is 6.10 Å². The van der Waals surface area contributed by atoms with Crippen molar-refractivity contribution in [2.45, 2.75) is 13.0 Å². The minimum absolute atomic E-state index is 0.368. The fraction of sp³-hybridized carbons (Fsp3) is 0.333. The maximum Gasteiger partial charge on any atom is 0.0854 e. The molecule has 0 aliphatic heterocycles. The Bertz CT molecular complexity index is 212. The summed E-state index contributed by atoms with van der Waals surface area (Å²) in [6.07, 6.45) is -0.368. The van der Waals surface area contributed by atoms with Gasteiger partial charge in [-0.2, -0.15) is 0 Å². The third-order valence-corrected chi connectivity index (χ3v) is 4.50. The lowest BCUT2D eigenvalue weighted by atomic mass is 10.3. The number of thiophene rings is 1. The molecule has 1 rings (SSSR count). The van der Waals surface area contributed by atoms with Crippen molar-refractivity contribution in [1.29, 1.82) is 0 Å². The van der Waals surface area contributed by atoms with Gasteiger partial charge in [0.2, 0.25) is 0 Å². The minimum Gasteiger partial charge on any atom is -0.388 e. The van der Waals surface area contributed by atoms with Crippen molar-refractivity contribution in [3.8, 4) is 0 Å². The van der Waals surface area contributed by atoms with Gasteiger partial charge in [-0.1, -0.05) is 0 Å². The quantitative estimate of drug-likeness (QED) is 0.839. The van der Waals surface area contributed by atoms with E-state index in [2.05, 4.69) is 31.9 Å². The summed E-state index contributed by atoms with van der Waals surface area (Å²) in [5.74, 6) is 0. The van der Waals surface area contributed by atoms with Gasteiger partial charge >= 0.3 is 0 Å². The van der Waals surface area contributed by atoms with Crippen LogP contribution in [0.1, 0.15) is 17.9 Å². The summed E-state index contributed by atoms with van der Waals surface area (Å²) in [7, 11) is 0. The molecule has 10 heavy (non-hydrogen) atoms. The van der Waals surface area contributed by atoms with E-state index in [4.69, 9.17) is 5.11 Å². The summed E-state index contributed by atoms with van der Waals surface area (Å²) in [6, 6.07) is 1.92. The van der Waals surface area contributed by atoms with E-state index in [0.29, 0.717) is 0 Å². The molecule has 56 valence electrons. The Morgan fingerprint density at radius 1 is 1.60 bits per heavy atom. The van der Waals surface area contributed by atoms with Crippen LogP contribution in [0.2, 0.25) is 0 Å². The van der Waals surface area contributed by atoms with Crippen molar-refractivity contribution in [3.63, 3.8) is 0 Å². The lowest BCUT2D eigenvalue weighted by Crippen LogP contribution is -1.83. The fourth-order valence-electron chi connectivity index (χ4n) is 0.569. The molecule has 0 spiro atoms. The molecule has 0 amide bonds. The maximum atomic E-state index is 9.13. The summed E-state index contributed by atoms with van der Waals surface area (Å²) < 4.78 is 2.04. The molecule has 0 saturated heterocycles. The van der Waals surface area contributed by atoms with Crippen LogP contribution in [-0.4, -0.2) is 5.11 Å². The highest BCUT2D eigenvalue weighted by Gasteiger charge is 2.07. The Morgan fingerprint density at radius 3 is 2.40 bits per heavy atom. The van der Waals surface area contributed by atoms with E-state index < -0.39 is 0 Å². The summed E-state index contributed by atoms with van der Waals surface area (Å²) in [5.41, 5.74) is 0. The van der Waals surface area contributed by atoms with Crippen LogP contribution in [0.3, 0.4) is 0 Å². The molecule has 0 fully saturated rings. The first-order chi connectivity index (χ1) is 4.61. The highest BCUT2D eigenvalue weighted by molar-refractivity contribution is 9.13. The largest absolute Gasteiger partial charge is 0.388 e. The third kappa shape index (κ3) is 1.81. The first kappa shape index (κ1) is 8.71. The van der Waals surface area contributed by atoms with Gasteiger partial charge < -0.3 is 5.11 Å². The monoisotopic (exact) mass is 284 g/mol. The summed E-state index contributed by atoms with van der Waals surface area (Å²) in [5, 5.41) is 9.13.